The third-order valence-electron chi connectivity index (χ3n) is 4.80. The van der Waals surface area contributed by atoms with E-state index >= 15 is 0 Å². The van der Waals surface area contributed by atoms with Crippen molar-refractivity contribution in [3.63, 3.8) is 0 Å². The highest BCUT2D eigenvalue weighted by Gasteiger charge is 2.19. The highest BCUT2D eigenvalue weighted by atomic mass is 35.5. The molecule has 0 bridgehead atoms. The molecule has 0 spiro atoms. The summed E-state index contributed by atoms with van der Waals surface area (Å²) in [4.78, 5) is 26.2. The van der Waals surface area contributed by atoms with Gasteiger partial charge in [-0.25, -0.2) is 0 Å². The monoisotopic (exact) mass is 416 g/mol. The van der Waals surface area contributed by atoms with Gasteiger partial charge in [0.1, 0.15) is 0 Å². The molecule has 0 radical (unpaired) electrons. The summed E-state index contributed by atoms with van der Waals surface area (Å²) in [6.07, 6.45) is 0.840. The van der Waals surface area contributed by atoms with Gasteiger partial charge in [-0.3, -0.25) is 14.3 Å². The van der Waals surface area contributed by atoms with Gasteiger partial charge in [0.05, 0.1) is 18.2 Å². The fraction of sp³-hybridized carbons (Fsp3) is 0.429. The van der Waals surface area contributed by atoms with Crippen LogP contribution in [0, 0.1) is 32.1 Å². The Hall–Kier alpha value is -2.85. The zero-order valence-corrected chi connectivity index (χ0v) is 17.9. The molecule has 2 aromatic rings. The van der Waals surface area contributed by atoms with Crippen LogP contribution in [0.3, 0.4) is 0 Å². The maximum atomic E-state index is 12.6. The largest absolute Gasteiger partial charge is 0.456 e. The average Bonchev–Trinajstić information content (AvgIpc) is 2.92. The molecule has 1 aromatic heterocycles. The number of aromatic nitrogens is 2. The fourth-order valence-corrected chi connectivity index (χ4v) is 3.17. The zero-order chi connectivity index (χ0) is 21.6. The molecule has 2 rings (SSSR count). The second kappa shape index (κ2) is 10.1. The summed E-state index contributed by atoms with van der Waals surface area (Å²) in [5, 5.41) is 13.8. The van der Waals surface area contributed by atoms with Crippen molar-refractivity contribution in [1.82, 2.24) is 9.78 Å². The average molecular weight is 417 g/mol. The number of carbonyl (C=O) groups excluding carboxylic acids is 2. The fourth-order valence-electron chi connectivity index (χ4n) is 3.06. The van der Waals surface area contributed by atoms with E-state index in [1.165, 1.54) is 4.90 Å². The predicted octanol–water partition coefficient (Wildman–Crippen LogP) is 3.42. The van der Waals surface area contributed by atoms with Crippen LogP contribution >= 0.6 is 11.6 Å². The van der Waals surface area contributed by atoms with Crippen LogP contribution in [0.2, 0.25) is 5.02 Å². The first-order chi connectivity index (χ1) is 13.7. The maximum absolute atomic E-state index is 12.6. The first-order valence-corrected chi connectivity index (χ1v) is 9.70. The molecule has 1 heterocycles. The second-order valence-corrected chi connectivity index (χ2v) is 7.23. The second-order valence-electron chi connectivity index (χ2n) is 6.82. The Bertz CT molecular complexity index is 946. The Morgan fingerprint density at radius 2 is 2.03 bits per heavy atom. The number of rotatable bonds is 8. The molecule has 1 aromatic carbocycles. The van der Waals surface area contributed by atoms with E-state index in [2.05, 4.69) is 5.10 Å². The molecule has 1 amide bonds. The van der Waals surface area contributed by atoms with E-state index < -0.39 is 5.97 Å². The molecule has 0 aliphatic carbocycles. The molecule has 0 fully saturated rings. The van der Waals surface area contributed by atoms with Gasteiger partial charge in [-0.2, -0.15) is 10.4 Å². The van der Waals surface area contributed by atoms with Crippen LogP contribution in [0.4, 0.5) is 5.69 Å². The first-order valence-electron chi connectivity index (χ1n) is 9.32. The number of hydrogen-bond acceptors (Lipinski definition) is 5. The summed E-state index contributed by atoms with van der Waals surface area (Å²) in [5.41, 5.74) is 4.34. The van der Waals surface area contributed by atoms with Gasteiger partial charge in [-0.1, -0.05) is 11.6 Å². The van der Waals surface area contributed by atoms with Crippen molar-refractivity contribution in [1.29, 1.82) is 5.26 Å². The highest BCUT2D eigenvalue weighted by Crippen LogP contribution is 2.23. The van der Waals surface area contributed by atoms with Gasteiger partial charge in [0.25, 0.3) is 5.91 Å². The number of esters is 1. The van der Waals surface area contributed by atoms with E-state index in [-0.39, 0.29) is 31.9 Å². The summed E-state index contributed by atoms with van der Waals surface area (Å²) in [6.45, 7) is 5.52. The minimum atomic E-state index is -0.450. The molecule has 7 nitrogen and oxygen atoms in total. The van der Waals surface area contributed by atoms with Crippen LogP contribution in [0.25, 0.3) is 0 Å². The van der Waals surface area contributed by atoms with Crippen LogP contribution in [-0.2, 0) is 27.8 Å². The smallest absolute Gasteiger partial charge is 0.306 e. The molecule has 29 heavy (non-hydrogen) atoms. The van der Waals surface area contributed by atoms with Crippen LogP contribution in [-0.4, -0.2) is 34.8 Å². The lowest BCUT2D eigenvalue weighted by Crippen LogP contribution is -2.35. The molecular formula is C21H25ClN4O3. The molecule has 0 saturated heterocycles. The van der Waals surface area contributed by atoms with E-state index in [1.807, 2.05) is 33.9 Å². The SMILES string of the molecule is Cc1cc(N(CCC#N)C(=O)COC(=O)CCc2c(C)nn(C)c2C)ccc1Cl. The molecule has 8 heteroatoms. The number of halogens is 1. The number of ether oxygens (including phenoxy) is 1. The van der Waals surface area contributed by atoms with Crippen molar-refractivity contribution < 1.29 is 14.3 Å². The van der Waals surface area contributed by atoms with Gasteiger partial charge in [0.15, 0.2) is 6.61 Å². The van der Waals surface area contributed by atoms with Crippen molar-refractivity contribution in [3.05, 3.63) is 45.7 Å². The van der Waals surface area contributed by atoms with E-state index in [1.54, 1.807) is 22.9 Å². The number of nitriles is 1. The van der Waals surface area contributed by atoms with Crippen LogP contribution < -0.4 is 4.90 Å². The zero-order valence-electron chi connectivity index (χ0n) is 17.2. The van der Waals surface area contributed by atoms with E-state index in [4.69, 9.17) is 21.6 Å². The summed E-state index contributed by atoms with van der Waals surface area (Å²) in [5.74, 6) is -0.836. The van der Waals surface area contributed by atoms with Crippen LogP contribution in [0.5, 0.6) is 0 Å². The number of hydrogen-bond donors (Lipinski definition) is 0. The number of benzene rings is 1. The molecule has 0 N–H and O–H groups in total. The first kappa shape index (κ1) is 22.4. The van der Waals surface area contributed by atoms with Crippen molar-refractivity contribution in [2.75, 3.05) is 18.1 Å². The molecule has 0 atom stereocenters. The Morgan fingerprint density at radius 3 is 2.62 bits per heavy atom. The van der Waals surface area contributed by atoms with Gasteiger partial charge in [-0.15, -0.1) is 0 Å². The third-order valence-corrected chi connectivity index (χ3v) is 5.22. The number of amides is 1. The van der Waals surface area contributed by atoms with Gasteiger partial charge in [-0.05, 0) is 56.5 Å². The highest BCUT2D eigenvalue weighted by molar-refractivity contribution is 6.31. The van der Waals surface area contributed by atoms with E-state index in [0.717, 1.165) is 22.5 Å². The summed E-state index contributed by atoms with van der Waals surface area (Å²) in [6, 6.07) is 7.21. The molecule has 0 saturated carbocycles. The van der Waals surface area contributed by atoms with Gasteiger partial charge >= 0.3 is 5.97 Å². The molecule has 0 aliphatic heterocycles. The topological polar surface area (TPSA) is 88.2 Å². The van der Waals surface area contributed by atoms with Crippen LogP contribution in [0.15, 0.2) is 18.2 Å². The van der Waals surface area contributed by atoms with E-state index in [9.17, 15) is 9.59 Å². The quantitative estimate of drug-likeness (QED) is 0.615. The number of anilines is 1. The third kappa shape index (κ3) is 5.81. The lowest BCUT2D eigenvalue weighted by atomic mass is 10.1. The minimum absolute atomic E-state index is 0.166. The van der Waals surface area contributed by atoms with Gasteiger partial charge < -0.3 is 9.64 Å². The van der Waals surface area contributed by atoms with Crippen LogP contribution in [0.1, 0.15) is 35.4 Å². The number of nitrogens with zero attached hydrogens (tertiary/aromatic N) is 4. The molecular weight excluding hydrogens is 392 g/mol. The molecule has 0 unspecified atom stereocenters. The summed E-state index contributed by atoms with van der Waals surface area (Å²) < 4.78 is 6.96. The Kier molecular flexibility index (Phi) is 7.80. The lowest BCUT2D eigenvalue weighted by molar-refractivity contribution is -0.147. The lowest BCUT2D eigenvalue weighted by Gasteiger charge is -2.22. The molecule has 0 aliphatic rings. The van der Waals surface area contributed by atoms with Crippen molar-refractivity contribution in [2.45, 2.75) is 40.0 Å². The standard InChI is InChI=1S/C21H25ClN4O3/c1-14-12-17(6-8-19(14)22)26(11-5-10-23)20(27)13-29-21(28)9-7-18-15(2)24-25(4)16(18)3/h6,8,12H,5,7,9,11,13H2,1-4H3. The minimum Gasteiger partial charge on any atom is -0.456 e. The normalized spacial score (nSPS) is 10.5. The predicted molar refractivity (Wildman–Crippen MR) is 111 cm³/mol. The van der Waals surface area contributed by atoms with E-state index in [0.29, 0.717) is 17.1 Å². The number of carbonyl (C=O) groups is 2. The summed E-state index contributed by atoms with van der Waals surface area (Å²) in [7, 11) is 1.86. The van der Waals surface area contributed by atoms with Gasteiger partial charge in [0.2, 0.25) is 0 Å². The number of aryl methyl sites for hydroxylation is 3. The van der Waals surface area contributed by atoms with Crippen molar-refractivity contribution in [3.8, 4) is 6.07 Å². The van der Waals surface area contributed by atoms with Gasteiger partial charge in [0, 0.05) is 36.4 Å². The Balaban J connectivity index is 1.97. The van der Waals surface area contributed by atoms with Crippen molar-refractivity contribution in [2.24, 2.45) is 7.05 Å². The Morgan fingerprint density at radius 1 is 1.31 bits per heavy atom. The summed E-state index contributed by atoms with van der Waals surface area (Å²) >= 11 is 6.05. The maximum Gasteiger partial charge on any atom is 0.306 e. The Labute approximate surface area is 175 Å². The van der Waals surface area contributed by atoms with Crippen molar-refractivity contribution >= 4 is 29.2 Å². The molecule has 154 valence electrons.